The van der Waals surface area contributed by atoms with Crippen LogP contribution in [-0.4, -0.2) is 22.7 Å². The minimum atomic E-state index is -0.262. The second-order valence-electron chi connectivity index (χ2n) is 6.34. The Hall–Kier alpha value is -4.00. The highest BCUT2D eigenvalue weighted by Gasteiger charge is 2.09. The standard InChI is InChI=1S/C22H20N4O3/c1-15(27)25-20-9-3-6-17(12-20)21(28)24-13-16-5-2-8-19(11-16)26-22(29)18-7-4-10-23-14-18/h2-12,14H,13H2,1H3,(H,24,28)(H,25,27)(H,26,29). The third-order valence-corrected chi connectivity index (χ3v) is 4.01. The molecule has 146 valence electrons. The zero-order valence-electron chi connectivity index (χ0n) is 15.8. The summed E-state index contributed by atoms with van der Waals surface area (Å²) in [4.78, 5) is 39.7. The molecule has 0 unspecified atom stereocenters. The average Bonchev–Trinajstić information content (AvgIpc) is 2.72. The summed E-state index contributed by atoms with van der Waals surface area (Å²) in [5, 5.41) is 8.29. The number of rotatable bonds is 6. The smallest absolute Gasteiger partial charge is 0.257 e. The van der Waals surface area contributed by atoms with Gasteiger partial charge in [0.25, 0.3) is 11.8 Å². The lowest BCUT2D eigenvalue weighted by atomic mass is 10.1. The molecule has 0 bridgehead atoms. The van der Waals surface area contributed by atoms with Crippen LogP contribution in [-0.2, 0) is 11.3 Å². The van der Waals surface area contributed by atoms with Gasteiger partial charge in [0.1, 0.15) is 0 Å². The largest absolute Gasteiger partial charge is 0.348 e. The predicted molar refractivity (Wildman–Crippen MR) is 111 cm³/mol. The van der Waals surface area contributed by atoms with E-state index in [1.807, 2.05) is 6.07 Å². The highest BCUT2D eigenvalue weighted by atomic mass is 16.2. The van der Waals surface area contributed by atoms with Gasteiger partial charge >= 0.3 is 0 Å². The highest BCUT2D eigenvalue weighted by Crippen LogP contribution is 2.14. The van der Waals surface area contributed by atoms with E-state index in [9.17, 15) is 14.4 Å². The molecular weight excluding hydrogens is 368 g/mol. The van der Waals surface area contributed by atoms with Gasteiger partial charge in [0.05, 0.1) is 5.56 Å². The maximum atomic E-state index is 12.4. The summed E-state index contributed by atoms with van der Waals surface area (Å²) in [5.74, 6) is -0.719. The molecule has 0 fully saturated rings. The molecule has 0 saturated heterocycles. The summed E-state index contributed by atoms with van der Waals surface area (Å²) in [5.41, 5.74) is 2.92. The fourth-order valence-corrected chi connectivity index (χ4v) is 2.69. The summed E-state index contributed by atoms with van der Waals surface area (Å²) in [6.07, 6.45) is 3.10. The molecule has 0 aliphatic rings. The van der Waals surface area contributed by atoms with E-state index >= 15 is 0 Å². The topological polar surface area (TPSA) is 100 Å². The van der Waals surface area contributed by atoms with Crippen LogP contribution in [0.2, 0.25) is 0 Å². The first-order chi connectivity index (χ1) is 14.0. The number of amides is 3. The Labute approximate surface area is 168 Å². The number of nitrogens with one attached hydrogen (secondary N) is 3. The summed E-state index contributed by atoms with van der Waals surface area (Å²) in [7, 11) is 0. The van der Waals surface area contributed by atoms with Gasteiger partial charge in [-0.15, -0.1) is 0 Å². The summed E-state index contributed by atoms with van der Waals surface area (Å²) in [6, 6.07) is 17.3. The summed E-state index contributed by atoms with van der Waals surface area (Å²) >= 11 is 0. The van der Waals surface area contributed by atoms with Crippen LogP contribution in [0.15, 0.2) is 73.1 Å². The lowest BCUT2D eigenvalue weighted by molar-refractivity contribution is -0.114. The van der Waals surface area contributed by atoms with Crippen LogP contribution < -0.4 is 16.0 Å². The highest BCUT2D eigenvalue weighted by molar-refractivity contribution is 6.04. The zero-order chi connectivity index (χ0) is 20.6. The van der Waals surface area contributed by atoms with E-state index in [-0.39, 0.29) is 17.7 Å². The van der Waals surface area contributed by atoms with Crippen LogP contribution in [0.5, 0.6) is 0 Å². The van der Waals surface area contributed by atoms with Crippen LogP contribution in [0, 0.1) is 0 Å². The quantitative estimate of drug-likeness (QED) is 0.604. The lowest BCUT2D eigenvalue weighted by Gasteiger charge is -2.10. The number of carbonyl (C=O) groups is 3. The van der Waals surface area contributed by atoms with E-state index in [0.717, 1.165) is 5.56 Å². The molecule has 1 heterocycles. The maximum Gasteiger partial charge on any atom is 0.257 e. The van der Waals surface area contributed by atoms with Gasteiger partial charge < -0.3 is 16.0 Å². The van der Waals surface area contributed by atoms with Crippen molar-refractivity contribution in [3.05, 3.63) is 89.7 Å². The Morgan fingerprint density at radius 3 is 2.28 bits per heavy atom. The molecule has 0 aliphatic heterocycles. The fourth-order valence-electron chi connectivity index (χ4n) is 2.69. The number of anilines is 2. The Balaban J connectivity index is 1.61. The molecule has 0 saturated carbocycles. The average molecular weight is 388 g/mol. The lowest BCUT2D eigenvalue weighted by Crippen LogP contribution is -2.23. The number of pyridine rings is 1. The molecule has 3 rings (SSSR count). The summed E-state index contributed by atoms with van der Waals surface area (Å²) < 4.78 is 0. The Morgan fingerprint density at radius 2 is 1.55 bits per heavy atom. The van der Waals surface area contributed by atoms with Gasteiger partial charge in [-0.3, -0.25) is 19.4 Å². The molecule has 7 heteroatoms. The van der Waals surface area contributed by atoms with Crippen molar-refractivity contribution >= 4 is 29.1 Å². The molecule has 1 aromatic heterocycles. The monoisotopic (exact) mass is 388 g/mol. The van der Waals surface area contributed by atoms with E-state index in [1.165, 1.54) is 13.1 Å². The SMILES string of the molecule is CC(=O)Nc1cccc(C(=O)NCc2cccc(NC(=O)c3cccnc3)c2)c1. The van der Waals surface area contributed by atoms with Crippen molar-refractivity contribution < 1.29 is 14.4 Å². The number of nitrogens with zero attached hydrogens (tertiary/aromatic N) is 1. The zero-order valence-corrected chi connectivity index (χ0v) is 15.8. The van der Waals surface area contributed by atoms with Crippen LogP contribution >= 0.6 is 0 Å². The number of hydrogen-bond donors (Lipinski definition) is 3. The molecule has 0 radical (unpaired) electrons. The van der Waals surface area contributed by atoms with Gasteiger partial charge in [0, 0.05) is 42.8 Å². The minimum Gasteiger partial charge on any atom is -0.348 e. The van der Waals surface area contributed by atoms with Crippen LogP contribution in [0.1, 0.15) is 33.2 Å². The van der Waals surface area contributed by atoms with E-state index in [0.29, 0.717) is 29.0 Å². The number of hydrogen-bond acceptors (Lipinski definition) is 4. The van der Waals surface area contributed by atoms with Crippen molar-refractivity contribution in [3.8, 4) is 0 Å². The van der Waals surface area contributed by atoms with Gasteiger partial charge in [-0.2, -0.15) is 0 Å². The van der Waals surface area contributed by atoms with Gasteiger partial charge in [-0.05, 0) is 48.0 Å². The molecule has 7 nitrogen and oxygen atoms in total. The van der Waals surface area contributed by atoms with Crippen LogP contribution in [0.4, 0.5) is 11.4 Å². The maximum absolute atomic E-state index is 12.4. The van der Waals surface area contributed by atoms with E-state index in [1.54, 1.807) is 60.8 Å². The molecule has 2 aromatic carbocycles. The third kappa shape index (κ3) is 5.74. The van der Waals surface area contributed by atoms with E-state index in [2.05, 4.69) is 20.9 Å². The Bertz CT molecular complexity index is 1030. The summed E-state index contributed by atoms with van der Waals surface area (Å²) in [6.45, 7) is 1.70. The second-order valence-corrected chi connectivity index (χ2v) is 6.34. The predicted octanol–water partition coefficient (Wildman–Crippen LogP) is 3.22. The first-order valence-electron chi connectivity index (χ1n) is 8.97. The third-order valence-electron chi connectivity index (χ3n) is 4.01. The minimum absolute atomic E-state index is 0.201. The molecule has 29 heavy (non-hydrogen) atoms. The van der Waals surface area contributed by atoms with E-state index in [4.69, 9.17) is 0 Å². The van der Waals surface area contributed by atoms with Crippen molar-refractivity contribution in [3.63, 3.8) is 0 Å². The van der Waals surface area contributed by atoms with Gasteiger partial charge in [-0.25, -0.2) is 0 Å². The van der Waals surface area contributed by atoms with Crippen molar-refractivity contribution in [1.29, 1.82) is 0 Å². The fraction of sp³-hybridized carbons (Fsp3) is 0.0909. The van der Waals surface area contributed by atoms with Crippen LogP contribution in [0.3, 0.4) is 0 Å². The number of aromatic nitrogens is 1. The number of carbonyl (C=O) groups excluding carboxylic acids is 3. The molecule has 3 amide bonds. The van der Waals surface area contributed by atoms with Crippen molar-refractivity contribution in [2.24, 2.45) is 0 Å². The molecule has 0 aliphatic carbocycles. The van der Waals surface area contributed by atoms with E-state index < -0.39 is 0 Å². The van der Waals surface area contributed by atoms with Crippen molar-refractivity contribution in [2.75, 3.05) is 10.6 Å². The molecule has 3 aromatic rings. The molecule has 3 N–H and O–H groups in total. The normalized spacial score (nSPS) is 10.1. The molecule has 0 atom stereocenters. The van der Waals surface area contributed by atoms with Crippen LogP contribution in [0.25, 0.3) is 0 Å². The first-order valence-corrected chi connectivity index (χ1v) is 8.97. The van der Waals surface area contributed by atoms with Gasteiger partial charge in [-0.1, -0.05) is 18.2 Å². The Morgan fingerprint density at radius 1 is 0.828 bits per heavy atom. The van der Waals surface area contributed by atoms with Crippen molar-refractivity contribution in [2.45, 2.75) is 13.5 Å². The molecule has 0 spiro atoms. The van der Waals surface area contributed by atoms with Crippen molar-refractivity contribution in [1.82, 2.24) is 10.3 Å². The molecular formula is C22H20N4O3. The Kier molecular flexibility index (Phi) is 6.32. The number of benzene rings is 2. The first kappa shape index (κ1) is 19.8. The van der Waals surface area contributed by atoms with Gasteiger partial charge in [0.2, 0.25) is 5.91 Å². The second kappa shape index (κ2) is 9.27. The van der Waals surface area contributed by atoms with Gasteiger partial charge in [0.15, 0.2) is 0 Å².